The van der Waals surface area contributed by atoms with Gasteiger partial charge in [-0.2, -0.15) is 5.26 Å². The van der Waals surface area contributed by atoms with Crippen molar-refractivity contribution in [3.05, 3.63) is 95.8 Å². The first kappa shape index (κ1) is 16.8. The zero-order valence-electron chi connectivity index (χ0n) is 15.8. The summed E-state index contributed by atoms with van der Waals surface area (Å²) in [6, 6.07) is 28.9. The normalized spacial score (nSPS) is 11.3. The third kappa shape index (κ3) is 2.23. The van der Waals surface area contributed by atoms with Crippen molar-refractivity contribution in [3.8, 4) is 11.8 Å². The van der Waals surface area contributed by atoms with E-state index in [-0.39, 0.29) is 0 Å². The molecule has 2 aromatic heterocycles. The van der Waals surface area contributed by atoms with Crippen LogP contribution in [0, 0.1) is 17.9 Å². The molecular formula is C26H13N3S. The second-order valence-corrected chi connectivity index (χ2v) is 8.33. The SMILES string of the molecule is [C-]#[N+]c1ccc(-n2c3ccccc3c3cc4c(cc32)sc2ccccc24)c(C#N)c1. The summed E-state index contributed by atoms with van der Waals surface area (Å²) in [6.07, 6.45) is 0. The molecular weight excluding hydrogens is 386 g/mol. The standard InChI is InChI=1S/C26H13N3S/c1-28-17-10-11-22(16(12-17)15-27)29-23-8-4-2-6-18(23)20-13-21-19-7-3-5-9-25(19)30-26(21)14-24(20)29/h2-14H. The van der Waals surface area contributed by atoms with Crippen LogP contribution in [-0.4, -0.2) is 4.57 Å². The number of fused-ring (bicyclic) bond motifs is 6. The van der Waals surface area contributed by atoms with Crippen molar-refractivity contribution >= 4 is 59.0 Å². The second kappa shape index (κ2) is 6.19. The average Bonchev–Trinajstić information content (AvgIpc) is 3.32. The van der Waals surface area contributed by atoms with E-state index < -0.39 is 0 Å². The van der Waals surface area contributed by atoms with E-state index in [2.05, 4.69) is 70.1 Å². The Bertz CT molecular complexity index is 1720. The van der Waals surface area contributed by atoms with Gasteiger partial charge in [-0.15, -0.1) is 11.3 Å². The van der Waals surface area contributed by atoms with Crippen LogP contribution in [0.25, 0.3) is 52.5 Å². The number of nitrogens with zero attached hydrogens (tertiary/aromatic N) is 3. The van der Waals surface area contributed by atoms with Crippen LogP contribution in [0.2, 0.25) is 0 Å². The van der Waals surface area contributed by atoms with Gasteiger partial charge in [0.1, 0.15) is 0 Å². The number of thiophene rings is 1. The van der Waals surface area contributed by atoms with Gasteiger partial charge in [-0.05, 0) is 36.4 Å². The number of nitriles is 1. The van der Waals surface area contributed by atoms with Crippen molar-refractivity contribution in [3.63, 3.8) is 0 Å². The molecule has 0 atom stereocenters. The molecule has 30 heavy (non-hydrogen) atoms. The van der Waals surface area contributed by atoms with Gasteiger partial charge in [-0.25, -0.2) is 4.85 Å². The highest BCUT2D eigenvalue weighted by atomic mass is 32.1. The van der Waals surface area contributed by atoms with Crippen molar-refractivity contribution in [2.75, 3.05) is 0 Å². The number of rotatable bonds is 1. The maximum absolute atomic E-state index is 9.78. The molecule has 4 aromatic carbocycles. The molecule has 0 radical (unpaired) electrons. The first-order valence-corrected chi connectivity index (χ1v) is 10.4. The molecule has 0 aliphatic heterocycles. The van der Waals surface area contributed by atoms with Gasteiger partial charge in [0, 0.05) is 30.9 Å². The van der Waals surface area contributed by atoms with Crippen LogP contribution in [0.5, 0.6) is 0 Å². The van der Waals surface area contributed by atoms with Gasteiger partial charge in [-0.3, -0.25) is 0 Å². The summed E-state index contributed by atoms with van der Waals surface area (Å²) in [7, 11) is 0. The van der Waals surface area contributed by atoms with Crippen LogP contribution in [0.4, 0.5) is 5.69 Å². The van der Waals surface area contributed by atoms with Gasteiger partial charge in [0.2, 0.25) is 0 Å². The Morgan fingerprint density at radius 3 is 2.40 bits per heavy atom. The molecule has 0 saturated heterocycles. The molecule has 0 N–H and O–H groups in total. The molecule has 0 fully saturated rings. The molecule has 6 rings (SSSR count). The number of para-hydroxylation sites is 1. The van der Waals surface area contributed by atoms with E-state index in [0.29, 0.717) is 11.3 Å². The third-order valence-electron chi connectivity index (χ3n) is 5.64. The number of aromatic nitrogens is 1. The van der Waals surface area contributed by atoms with Gasteiger partial charge in [0.15, 0.2) is 5.69 Å². The summed E-state index contributed by atoms with van der Waals surface area (Å²) < 4.78 is 4.65. The zero-order chi connectivity index (χ0) is 20.2. The van der Waals surface area contributed by atoms with Crippen molar-refractivity contribution in [1.29, 1.82) is 5.26 Å². The lowest BCUT2D eigenvalue weighted by atomic mass is 10.1. The molecule has 0 amide bonds. The van der Waals surface area contributed by atoms with E-state index in [0.717, 1.165) is 22.1 Å². The van der Waals surface area contributed by atoms with Gasteiger partial charge >= 0.3 is 0 Å². The summed E-state index contributed by atoms with van der Waals surface area (Å²) in [6.45, 7) is 7.28. The minimum absolute atomic E-state index is 0.475. The highest BCUT2D eigenvalue weighted by Gasteiger charge is 2.17. The predicted molar refractivity (Wildman–Crippen MR) is 125 cm³/mol. The predicted octanol–water partition coefficient (Wildman–Crippen LogP) is 7.57. The average molecular weight is 399 g/mol. The number of hydrogen-bond donors (Lipinski definition) is 0. The summed E-state index contributed by atoms with van der Waals surface area (Å²) in [5, 5.41) is 14.6. The van der Waals surface area contributed by atoms with E-state index in [9.17, 15) is 5.26 Å². The molecule has 4 heteroatoms. The smallest absolute Gasteiger partial charge is 0.188 e. The minimum Gasteiger partial charge on any atom is -0.308 e. The van der Waals surface area contributed by atoms with Crippen molar-refractivity contribution < 1.29 is 0 Å². The Morgan fingerprint density at radius 1 is 0.767 bits per heavy atom. The lowest BCUT2D eigenvalue weighted by molar-refractivity contribution is 1.17. The number of hydrogen-bond acceptors (Lipinski definition) is 2. The van der Waals surface area contributed by atoms with Gasteiger partial charge in [-0.1, -0.05) is 42.5 Å². The van der Waals surface area contributed by atoms with Crippen molar-refractivity contribution in [1.82, 2.24) is 4.57 Å². The second-order valence-electron chi connectivity index (χ2n) is 7.24. The molecule has 0 spiro atoms. The summed E-state index contributed by atoms with van der Waals surface area (Å²) in [5.74, 6) is 0. The zero-order valence-corrected chi connectivity index (χ0v) is 16.6. The third-order valence-corrected chi connectivity index (χ3v) is 6.78. The largest absolute Gasteiger partial charge is 0.308 e. The molecule has 0 aliphatic rings. The van der Waals surface area contributed by atoms with Crippen LogP contribution in [-0.2, 0) is 0 Å². The Labute approximate surface area is 176 Å². The maximum atomic E-state index is 9.78. The molecule has 138 valence electrons. The first-order valence-electron chi connectivity index (χ1n) is 9.55. The lowest BCUT2D eigenvalue weighted by Gasteiger charge is -2.10. The Morgan fingerprint density at radius 2 is 1.57 bits per heavy atom. The summed E-state index contributed by atoms with van der Waals surface area (Å²) >= 11 is 1.79. The monoisotopic (exact) mass is 399 g/mol. The Kier molecular flexibility index (Phi) is 3.47. The van der Waals surface area contributed by atoms with E-state index in [1.165, 1.54) is 25.6 Å². The van der Waals surface area contributed by atoms with Crippen molar-refractivity contribution in [2.45, 2.75) is 0 Å². The van der Waals surface area contributed by atoms with Crippen LogP contribution < -0.4 is 0 Å². The van der Waals surface area contributed by atoms with E-state index in [1.54, 1.807) is 23.5 Å². The van der Waals surface area contributed by atoms with Gasteiger partial charge < -0.3 is 4.57 Å². The summed E-state index contributed by atoms with van der Waals surface area (Å²) in [4.78, 5) is 3.48. The maximum Gasteiger partial charge on any atom is 0.188 e. The van der Waals surface area contributed by atoms with Crippen LogP contribution >= 0.6 is 11.3 Å². The van der Waals surface area contributed by atoms with Crippen LogP contribution in [0.1, 0.15) is 5.56 Å². The first-order chi connectivity index (χ1) is 14.8. The molecule has 0 aliphatic carbocycles. The van der Waals surface area contributed by atoms with Gasteiger partial charge in [0.25, 0.3) is 0 Å². The van der Waals surface area contributed by atoms with Crippen molar-refractivity contribution in [2.24, 2.45) is 0 Å². The fourth-order valence-electron chi connectivity index (χ4n) is 4.33. The fraction of sp³-hybridized carbons (Fsp3) is 0. The van der Waals surface area contributed by atoms with Gasteiger partial charge in [0.05, 0.1) is 34.9 Å². The Balaban J connectivity index is 1.81. The fourth-order valence-corrected chi connectivity index (χ4v) is 5.45. The molecule has 0 saturated carbocycles. The van der Waals surface area contributed by atoms with Crippen LogP contribution in [0.3, 0.4) is 0 Å². The topological polar surface area (TPSA) is 33.1 Å². The highest BCUT2D eigenvalue weighted by molar-refractivity contribution is 7.25. The molecule has 0 unspecified atom stereocenters. The van der Waals surface area contributed by atoms with E-state index >= 15 is 0 Å². The van der Waals surface area contributed by atoms with E-state index in [4.69, 9.17) is 6.57 Å². The number of benzene rings is 4. The summed E-state index contributed by atoms with van der Waals surface area (Å²) in [5.41, 5.74) is 3.91. The minimum atomic E-state index is 0.475. The Hall–Kier alpha value is -4.12. The quantitative estimate of drug-likeness (QED) is 0.262. The molecule has 6 aromatic rings. The lowest BCUT2D eigenvalue weighted by Crippen LogP contribution is -1.97. The van der Waals surface area contributed by atoms with E-state index in [1.807, 2.05) is 12.1 Å². The molecule has 0 bridgehead atoms. The molecule has 3 nitrogen and oxygen atoms in total. The van der Waals surface area contributed by atoms with Crippen LogP contribution in [0.15, 0.2) is 78.9 Å². The molecule has 2 heterocycles. The highest BCUT2D eigenvalue weighted by Crippen LogP contribution is 2.41.